The monoisotopic (exact) mass is 422 g/mol. The zero-order chi connectivity index (χ0) is 21.5. The molecule has 10 heteroatoms. The van der Waals surface area contributed by atoms with E-state index in [9.17, 15) is 4.79 Å². The van der Waals surface area contributed by atoms with Crippen molar-refractivity contribution in [2.75, 3.05) is 50.2 Å². The van der Waals surface area contributed by atoms with E-state index >= 15 is 0 Å². The summed E-state index contributed by atoms with van der Waals surface area (Å²) in [5.74, 6) is 1.89. The fourth-order valence-corrected chi connectivity index (χ4v) is 3.44. The Morgan fingerprint density at radius 3 is 2.61 bits per heavy atom. The van der Waals surface area contributed by atoms with Gasteiger partial charge in [0.05, 0.1) is 25.1 Å². The summed E-state index contributed by atoms with van der Waals surface area (Å²) >= 11 is 0. The third kappa shape index (κ3) is 5.41. The first-order valence-corrected chi connectivity index (χ1v) is 10.3. The average molecular weight is 422 g/mol. The predicted octanol–water partition coefficient (Wildman–Crippen LogP) is 1.22. The number of nitrogens with zero attached hydrogens (tertiary/aromatic N) is 6. The van der Waals surface area contributed by atoms with Gasteiger partial charge in [-0.1, -0.05) is 12.1 Å². The molecule has 0 aliphatic carbocycles. The smallest absolute Gasteiger partial charge is 0.240 e. The van der Waals surface area contributed by atoms with Crippen LogP contribution in [0.15, 0.2) is 42.7 Å². The number of fused-ring (bicyclic) bond motifs is 1. The quantitative estimate of drug-likeness (QED) is 0.518. The largest absolute Gasteiger partial charge is 0.384 e. The number of piperazine rings is 1. The van der Waals surface area contributed by atoms with Crippen molar-refractivity contribution in [3.8, 4) is 0 Å². The molecule has 1 fully saturated rings. The minimum absolute atomic E-state index is 0.162. The van der Waals surface area contributed by atoms with Crippen LogP contribution in [-0.4, -0.2) is 70.6 Å². The molecule has 162 valence electrons. The van der Waals surface area contributed by atoms with Gasteiger partial charge in [-0.2, -0.15) is 0 Å². The fraction of sp³-hybridized carbons (Fsp3) is 0.381. The van der Waals surface area contributed by atoms with Gasteiger partial charge in [-0.05, 0) is 18.2 Å². The van der Waals surface area contributed by atoms with Crippen molar-refractivity contribution in [1.82, 2.24) is 30.3 Å². The minimum Gasteiger partial charge on any atom is -0.384 e. The first kappa shape index (κ1) is 20.9. The highest BCUT2D eigenvalue weighted by Crippen LogP contribution is 2.20. The van der Waals surface area contributed by atoms with Crippen LogP contribution in [0.5, 0.6) is 0 Å². The lowest BCUT2D eigenvalue weighted by Crippen LogP contribution is -2.46. The third-order valence-corrected chi connectivity index (χ3v) is 5.08. The molecule has 1 aliphatic rings. The van der Waals surface area contributed by atoms with E-state index in [1.54, 1.807) is 19.5 Å². The molecule has 1 amide bonds. The van der Waals surface area contributed by atoms with E-state index in [0.29, 0.717) is 24.8 Å². The second kappa shape index (κ2) is 10.1. The van der Waals surface area contributed by atoms with Crippen LogP contribution in [0, 0.1) is 0 Å². The van der Waals surface area contributed by atoms with Crippen LogP contribution in [0.2, 0.25) is 0 Å². The SMILES string of the molecule is COCCC(=O)NNc1nc(CN2CCN(c3ncccn3)CC2)nc2ccccc12. The van der Waals surface area contributed by atoms with Crippen LogP contribution in [0.4, 0.5) is 11.8 Å². The molecule has 1 aromatic carbocycles. The molecule has 0 bridgehead atoms. The molecule has 0 radical (unpaired) electrons. The maximum absolute atomic E-state index is 11.9. The molecule has 31 heavy (non-hydrogen) atoms. The average Bonchev–Trinajstić information content (AvgIpc) is 2.82. The Morgan fingerprint density at radius 1 is 1.06 bits per heavy atom. The summed E-state index contributed by atoms with van der Waals surface area (Å²) in [5.41, 5.74) is 6.47. The molecule has 0 saturated carbocycles. The van der Waals surface area contributed by atoms with E-state index in [1.807, 2.05) is 30.3 Å². The molecule has 10 nitrogen and oxygen atoms in total. The van der Waals surface area contributed by atoms with Gasteiger partial charge in [0.15, 0.2) is 5.82 Å². The maximum Gasteiger partial charge on any atom is 0.240 e. The number of amides is 1. The number of rotatable bonds is 8. The lowest BCUT2D eigenvalue weighted by molar-refractivity contribution is -0.121. The summed E-state index contributed by atoms with van der Waals surface area (Å²) in [5, 5.41) is 0.851. The van der Waals surface area contributed by atoms with Gasteiger partial charge in [-0.25, -0.2) is 19.9 Å². The Morgan fingerprint density at radius 2 is 1.84 bits per heavy atom. The number of benzene rings is 1. The van der Waals surface area contributed by atoms with Crippen LogP contribution in [0.3, 0.4) is 0 Å². The first-order chi connectivity index (χ1) is 15.2. The van der Waals surface area contributed by atoms with Crippen molar-refractivity contribution in [3.63, 3.8) is 0 Å². The van der Waals surface area contributed by atoms with Crippen LogP contribution < -0.4 is 15.8 Å². The van der Waals surface area contributed by atoms with E-state index in [1.165, 1.54) is 0 Å². The zero-order valence-corrected chi connectivity index (χ0v) is 17.5. The van der Waals surface area contributed by atoms with Crippen molar-refractivity contribution in [1.29, 1.82) is 0 Å². The third-order valence-electron chi connectivity index (χ3n) is 5.08. The summed E-state index contributed by atoms with van der Waals surface area (Å²) in [6, 6.07) is 9.57. The van der Waals surface area contributed by atoms with Gasteiger partial charge in [0.1, 0.15) is 5.82 Å². The maximum atomic E-state index is 11.9. The second-order valence-electron chi connectivity index (χ2n) is 7.23. The summed E-state index contributed by atoms with van der Waals surface area (Å²) in [6.07, 6.45) is 3.80. The molecule has 1 saturated heterocycles. The predicted molar refractivity (Wildman–Crippen MR) is 117 cm³/mol. The summed E-state index contributed by atoms with van der Waals surface area (Å²) in [4.78, 5) is 34.5. The van der Waals surface area contributed by atoms with E-state index in [0.717, 1.165) is 43.0 Å². The number of hydrogen-bond donors (Lipinski definition) is 2. The fourth-order valence-electron chi connectivity index (χ4n) is 3.44. The lowest BCUT2D eigenvalue weighted by Gasteiger charge is -2.34. The Hall–Kier alpha value is -3.37. The van der Waals surface area contributed by atoms with E-state index in [2.05, 4.69) is 35.6 Å². The first-order valence-electron chi connectivity index (χ1n) is 10.3. The molecule has 3 heterocycles. The molecule has 3 aromatic rings. The molecular weight excluding hydrogens is 396 g/mol. The van der Waals surface area contributed by atoms with Crippen molar-refractivity contribution in [3.05, 3.63) is 48.5 Å². The highest BCUT2D eigenvalue weighted by molar-refractivity contribution is 5.90. The summed E-state index contributed by atoms with van der Waals surface area (Å²) < 4.78 is 4.94. The normalized spacial score (nSPS) is 14.5. The van der Waals surface area contributed by atoms with Crippen molar-refractivity contribution in [2.45, 2.75) is 13.0 Å². The van der Waals surface area contributed by atoms with Crippen LogP contribution in [0.1, 0.15) is 12.2 Å². The molecule has 1 aliphatic heterocycles. The Labute approximate surface area is 180 Å². The molecule has 4 rings (SSSR count). The minimum atomic E-state index is -0.162. The van der Waals surface area contributed by atoms with Crippen LogP contribution in [0.25, 0.3) is 10.9 Å². The Balaban J connectivity index is 1.42. The number of hydrogen-bond acceptors (Lipinski definition) is 9. The number of anilines is 2. The van der Waals surface area contributed by atoms with Crippen molar-refractivity contribution in [2.24, 2.45) is 0 Å². The molecule has 0 atom stereocenters. The lowest BCUT2D eigenvalue weighted by atomic mass is 10.2. The highest BCUT2D eigenvalue weighted by Gasteiger charge is 2.20. The molecule has 0 spiro atoms. The van der Waals surface area contributed by atoms with Gasteiger partial charge < -0.3 is 9.64 Å². The van der Waals surface area contributed by atoms with E-state index < -0.39 is 0 Å². The second-order valence-corrected chi connectivity index (χ2v) is 7.23. The van der Waals surface area contributed by atoms with Crippen LogP contribution in [-0.2, 0) is 16.1 Å². The number of hydrazine groups is 1. The highest BCUT2D eigenvalue weighted by atomic mass is 16.5. The number of carbonyl (C=O) groups is 1. The number of aromatic nitrogens is 4. The van der Waals surface area contributed by atoms with E-state index in [-0.39, 0.29) is 12.3 Å². The number of nitrogens with one attached hydrogen (secondary N) is 2. The van der Waals surface area contributed by atoms with Gasteiger partial charge in [-0.3, -0.25) is 20.5 Å². The summed E-state index contributed by atoms with van der Waals surface area (Å²) in [7, 11) is 1.57. The molecule has 0 unspecified atom stereocenters. The Kier molecular flexibility index (Phi) is 6.80. The van der Waals surface area contributed by atoms with E-state index in [4.69, 9.17) is 9.72 Å². The number of para-hydroxylation sites is 1. The standard InChI is InChI=1S/C21H26N8O2/c1-31-14-7-19(30)26-27-20-16-5-2-3-6-17(16)24-18(25-20)15-28-10-12-29(13-11-28)21-22-8-4-9-23-21/h2-6,8-9H,7,10-15H2,1H3,(H,26,30)(H,24,25,27). The van der Waals surface area contributed by atoms with Gasteiger partial charge in [0, 0.05) is 51.1 Å². The number of methoxy groups -OCH3 is 1. The van der Waals surface area contributed by atoms with Crippen molar-refractivity contribution >= 4 is 28.6 Å². The number of ether oxygens (including phenoxy) is 1. The van der Waals surface area contributed by atoms with Crippen molar-refractivity contribution < 1.29 is 9.53 Å². The number of carbonyl (C=O) groups excluding carboxylic acids is 1. The van der Waals surface area contributed by atoms with Gasteiger partial charge in [0.25, 0.3) is 0 Å². The van der Waals surface area contributed by atoms with Crippen LogP contribution >= 0.6 is 0 Å². The zero-order valence-electron chi connectivity index (χ0n) is 17.5. The molecular formula is C21H26N8O2. The molecule has 2 aromatic heterocycles. The van der Waals surface area contributed by atoms with Gasteiger partial charge in [-0.15, -0.1) is 0 Å². The summed E-state index contributed by atoms with van der Waals surface area (Å²) in [6.45, 7) is 4.41. The molecule has 2 N–H and O–H groups in total. The topological polar surface area (TPSA) is 108 Å². The van der Waals surface area contributed by atoms with Gasteiger partial charge in [0.2, 0.25) is 11.9 Å². The van der Waals surface area contributed by atoms with Gasteiger partial charge >= 0.3 is 0 Å². The Bertz CT molecular complexity index is 1010.